The first-order valence-corrected chi connectivity index (χ1v) is 11.3. The number of morpholine rings is 1. The first-order chi connectivity index (χ1) is 15.0. The van der Waals surface area contributed by atoms with Crippen LogP contribution < -0.4 is 38.1 Å². The molecular weight excluding hydrogens is 398 g/mol. The molecule has 1 aromatic rings. The molecule has 0 saturated carbocycles. The number of hydrogen-bond acceptors (Lipinski definition) is 12. The fourth-order valence-electron chi connectivity index (χ4n) is 4.55. The van der Waals surface area contributed by atoms with Crippen LogP contribution in [0.25, 0.3) is 0 Å². The number of nitrogens with two attached hydrogens (primary N) is 4. The van der Waals surface area contributed by atoms with Gasteiger partial charge in [0.2, 0.25) is 17.8 Å². The van der Waals surface area contributed by atoms with Crippen molar-refractivity contribution in [3.63, 3.8) is 0 Å². The maximum absolute atomic E-state index is 6.20. The van der Waals surface area contributed by atoms with E-state index < -0.39 is 0 Å². The molecule has 4 unspecified atom stereocenters. The summed E-state index contributed by atoms with van der Waals surface area (Å²) in [5.41, 5.74) is 24.8. The van der Waals surface area contributed by atoms with Crippen molar-refractivity contribution in [2.75, 3.05) is 80.7 Å². The molecule has 12 nitrogen and oxygen atoms in total. The summed E-state index contributed by atoms with van der Waals surface area (Å²) < 4.78 is 5.42. The lowest BCUT2D eigenvalue weighted by Crippen LogP contribution is -2.54. The van der Waals surface area contributed by atoms with Gasteiger partial charge in [-0.25, -0.2) is 0 Å². The van der Waals surface area contributed by atoms with Crippen LogP contribution in [0.2, 0.25) is 0 Å². The summed E-state index contributed by atoms with van der Waals surface area (Å²) in [7, 11) is 0. The third-order valence-corrected chi connectivity index (χ3v) is 6.02. The fraction of sp³-hybridized carbons (Fsp3) is 0.842. The first kappa shape index (κ1) is 22.4. The van der Waals surface area contributed by atoms with Crippen LogP contribution in [0.4, 0.5) is 17.8 Å². The molecule has 0 bridgehead atoms. The fourth-order valence-corrected chi connectivity index (χ4v) is 4.55. The number of ether oxygens (including phenoxy) is 1. The van der Waals surface area contributed by atoms with Gasteiger partial charge < -0.3 is 42.8 Å². The predicted octanol–water partition coefficient (Wildman–Crippen LogP) is -2.65. The lowest BCUT2D eigenvalue weighted by molar-refractivity contribution is 0.0398. The number of hydrogen-bond donors (Lipinski definition) is 5. The molecule has 0 radical (unpaired) electrons. The smallest absolute Gasteiger partial charge is 0.232 e. The number of piperidine rings is 2. The summed E-state index contributed by atoms with van der Waals surface area (Å²) >= 11 is 0. The van der Waals surface area contributed by atoms with Gasteiger partial charge in [0.05, 0.1) is 13.2 Å². The van der Waals surface area contributed by atoms with Crippen LogP contribution in [0.5, 0.6) is 0 Å². The van der Waals surface area contributed by atoms with Crippen molar-refractivity contribution in [1.29, 1.82) is 0 Å². The van der Waals surface area contributed by atoms with E-state index in [1.807, 2.05) is 0 Å². The molecule has 4 rings (SSSR count). The van der Waals surface area contributed by atoms with E-state index in [9.17, 15) is 0 Å². The summed E-state index contributed by atoms with van der Waals surface area (Å²) in [4.78, 5) is 20.6. The quantitative estimate of drug-likeness (QED) is 0.314. The first-order valence-electron chi connectivity index (χ1n) is 11.3. The molecule has 3 aliphatic rings. The molecule has 4 atom stereocenters. The highest BCUT2D eigenvalue weighted by molar-refractivity contribution is 5.46. The summed E-state index contributed by atoms with van der Waals surface area (Å²) in [6.07, 6.45) is 1.60. The standard InChI is InChI=1S/C19H37N11O/c20-13-7-14(21)10-29(9-13)18-25-17(24-1-2-28-3-5-31-6-4-28)26-19(27-18)30-11-15(22)8-16(23)12-30/h13-16H,1-12,20-23H2,(H,24,25,26,27). The van der Waals surface area contributed by atoms with Crippen molar-refractivity contribution < 1.29 is 4.74 Å². The van der Waals surface area contributed by atoms with E-state index in [1.54, 1.807) is 0 Å². The third kappa shape index (κ3) is 6.11. The molecule has 174 valence electrons. The molecule has 3 aliphatic heterocycles. The van der Waals surface area contributed by atoms with Crippen molar-refractivity contribution in [2.45, 2.75) is 37.0 Å². The summed E-state index contributed by atoms with van der Waals surface area (Å²) in [6.45, 7) is 7.78. The van der Waals surface area contributed by atoms with Crippen LogP contribution in [0, 0.1) is 0 Å². The second kappa shape index (κ2) is 10.2. The highest BCUT2D eigenvalue weighted by atomic mass is 16.5. The molecule has 31 heavy (non-hydrogen) atoms. The topological polar surface area (TPSA) is 174 Å². The normalized spacial score (nSPS) is 30.5. The van der Waals surface area contributed by atoms with Gasteiger partial charge in [0, 0.05) is 76.5 Å². The van der Waals surface area contributed by atoms with E-state index in [0.717, 1.165) is 52.2 Å². The molecule has 0 amide bonds. The van der Waals surface area contributed by atoms with E-state index in [2.05, 4.69) is 20.0 Å². The van der Waals surface area contributed by atoms with Gasteiger partial charge in [-0.1, -0.05) is 0 Å². The Kier molecular flexibility index (Phi) is 7.35. The number of rotatable bonds is 6. The Balaban J connectivity index is 1.51. The van der Waals surface area contributed by atoms with Gasteiger partial charge in [-0.05, 0) is 12.8 Å². The zero-order valence-electron chi connectivity index (χ0n) is 18.2. The number of nitrogens with zero attached hydrogens (tertiary/aromatic N) is 6. The zero-order valence-corrected chi connectivity index (χ0v) is 18.2. The van der Waals surface area contributed by atoms with Crippen LogP contribution in [0.1, 0.15) is 12.8 Å². The van der Waals surface area contributed by atoms with Crippen molar-refractivity contribution >= 4 is 17.8 Å². The molecule has 0 aromatic carbocycles. The van der Waals surface area contributed by atoms with Crippen LogP contribution in [0.3, 0.4) is 0 Å². The van der Waals surface area contributed by atoms with Gasteiger partial charge in [0.25, 0.3) is 0 Å². The second-order valence-electron chi connectivity index (χ2n) is 8.96. The van der Waals surface area contributed by atoms with E-state index in [1.165, 1.54) is 0 Å². The Bertz CT molecular complexity index is 652. The SMILES string of the molecule is NC1CC(N)CN(c2nc(NCCN3CCOCC3)nc(N3CC(N)CC(N)C3)n2)C1. The minimum Gasteiger partial charge on any atom is -0.379 e. The van der Waals surface area contributed by atoms with Gasteiger partial charge in [-0.3, -0.25) is 4.90 Å². The molecule has 9 N–H and O–H groups in total. The average Bonchev–Trinajstić information content (AvgIpc) is 2.73. The Morgan fingerprint density at radius 3 is 1.74 bits per heavy atom. The van der Waals surface area contributed by atoms with Gasteiger partial charge in [-0.2, -0.15) is 15.0 Å². The molecule has 12 heteroatoms. The lowest BCUT2D eigenvalue weighted by atomic mass is 10.0. The molecule has 4 heterocycles. The van der Waals surface area contributed by atoms with E-state index in [-0.39, 0.29) is 24.2 Å². The number of anilines is 3. The summed E-state index contributed by atoms with van der Waals surface area (Å²) in [5, 5.41) is 3.37. The maximum Gasteiger partial charge on any atom is 0.232 e. The van der Waals surface area contributed by atoms with Crippen LogP contribution in [-0.4, -0.2) is 110 Å². The van der Waals surface area contributed by atoms with Crippen LogP contribution in [-0.2, 0) is 4.74 Å². The van der Waals surface area contributed by atoms with Crippen LogP contribution >= 0.6 is 0 Å². The highest BCUT2D eigenvalue weighted by Crippen LogP contribution is 2.22. The molecule has 1 aromatic heterocycles. The Labute approximate surface area is 183 Å². The monoisotopic (exact) mass is 435 g/mol. The predicted molar refractivity (Wildman–Crippen MR) is 121 cm³/mol. The van der Waals surface area contributed by atoms with Gasteiger partial charge in [-0.15, -0.1) is 0 Å². The van der Waals surface area contributed by atoms with Crippen LogP contribution in [0.15, 0.2) is 0 Å². The third-order valence-electron chi connectivity index (χ3n) is 6.02. The maximum atomic E-state index is 6.20. The van der Waals surface area contributed by atoms with E-state index >= 15 is 0 Å². The van der Waals surface area contributed by atoms with Crippen molar-refractivity contribution in [3.05, 3.63) is 0 Å². The molecule has 3 saturated heterocycles. The van der Waals surface area contributed by atoms with Crippen molar-refractivity contribution in [3.8, 4) is 0 Å². The molecule has 3 fully saturated rings. The Morgan fingerprint density at radius 1 is 0.774 bits per heavy atom. The average molecular weight is 436 g/mol. The Hall–Kier alpha value is -1.83. The molecular formula is C19H37N11O. The van der Waals surface area contributed by atoms with E-state index in [4.69, 9.17) is 42.6 Å². The Morgan fingerprint density at radius 2 is 1.26 bits per heavy atom. The number of aromatic nitrogens is 3. The highest BCUT2D eigenvalue weighted by Gasteiger charge is 2.28. The second-order valence-corrected chi connectivity index (χ2v) is 8.96. The zero-order chi connectivity index (χ0) is 21.8. The van der Waals surface area contributed by atoms with E-state index in [0.29, 0.717) is 44.0 Å². The molecule has 0 aliphatic carbocycles. The largest absolute Gasteiger partial charge is 0.379 e. The van der Waals surface area contributed by atoms with Gasteiger partial charge in [0.15, 0.2) is 0 Å². The van der Waals surface area contributed by atoms with Gasteiger partial charge >= 0.3 is 0 Å². The van der Waals surface area contributed by atoms with Gasteiger partial charge in [0.1, 0.15) is 0 Å². The van der Waals surface area contributed by atoms with Crippen molar-refractivity contribution in [2.24, 2.45) is 22.9 Å². The lowest BCUT2D eigenvalue weighted by Gasteiger charge is -2.37. The minimum atomic E-state index is -0.00136. The number of nitrogens with one attached hydrogen (secondary N) is 1. The summed E-state index contributed by atoms with van der Waals surface area (Å²) in [6, 6.07) is -0.00546. The van der Waals surface area contributed by atoms with Crippen molar-refractivity contribution in [1.82, 2.24) is 19.9 Å². The summed E-state index contributed by atoms with van der Waals surface area (Å²) in [5.74, 6) is 1.74. The minimum absolute atomic E-state index is 0.00136. The molecule has 0 spiro atoms.